The van der Waals surface area contributed by atoms with Crippen molar-refractivity contribution in [3.05, 3.63) is 71.3 Å². The summed E-state index contributed by atoms with van der Waals surface area (Å²) in [6, 6.07) is 17.8. The zero-order valence-electron chi connectivity index (χ0n) is 13.9. The summed E-state index contributed by atoms with van der Waals surface area (Å²) >= 11 is 0. The van der Waals surface area contributed by atoms with Crippen LogP contribution in [0.4, 0.5) is 0 Å². The summed E-state index contributed by atoms with van der Waals surface area (Å²) in [7, 11) is 0. The van der Waals surface area contributed by atoms with Crippen molar-refractivity contribution >= 4 is 0 Å². The predicted molar refractivity (Wildman–Crippen MR) is 93.0 cm³/mol. The normalized spacial score (nSPS) is 29.5. The lowest BCUT2D eigenvalue weighted by Gasteiger charge is -2.40. The minimum atomic E-state index is -1.36. The number of aliphatic hydroxyl groups is 4. The van der Waals surface area contributed by atoms with Crippen molar-refractivity contribution in [3.63, 3.8) is 0 Å². The van der Waals surface area contributed by atoms with E-state index in [9.17, 15) is 20.4 Å². The molecular formula is C20H24O5. The van der Waals surface area contributed by atoms with Gasteiger partial charge in [0.2, 0.25) is 0 Å². The second-order valence-corrected chi connectivity index (χ2v) is 6.48. The summed E-state index contributed by atoms with van der Waals surface area (Å²) in [6.07, 6.45) is -3.87. The largest absolute Gasteiger partial charge is 0.394 e. The molecule has 1 heterocycles. The molecule has 1 fully saturated rings. The van der Waals surface area contributed by atoms with Crippen molar-refractivity contribution in [2.75, 3.05) is 6.61 Å². The molecule has 0 saturated carbocycles. The first kappa shape index (κ1) is 18.0. The first-order chi connectivity index (χ1) is 12.1. The van der Waals surface area contributed by atoms with Crippen LogP contribution < -0.4 is 0 Å². The van der Waals surface area contributed by atoms with Crippen LogP contribution in [-0.2, 0) is 17.6 Å². The molecule has 2 aromatic carbocycles. The molecule has 5 nitrogen and oxygen atoms in total. The highest BCUT2D eigenvalue weighted by atomic mass is 16.5. The molecule has 5 heteroatoms. The van der Waals surface area contributed by atoms with Gasteiger partial charge in [-0.25, -0.2) is 0 Å². The highest BCUT2D eigenvalue weighted by Crippen LogP contribution is 2.32. The van der Waals surface area contributed by atoms with Gasteiger partial charge in [-0.2, -0.15) is 0 Å². The molecule has 25 heavy (non-hydrogen) atoms. The fourth-order valence-corrected chi connectivity index (χ4v) is 3.24. The number of rotatable bonds is 5. The minimum absolute atomic E-state index is 0.421. The molecular weight excluding hydrogens is 320 g/mol. The first-order valence-electron chi connectivity index (χ1n) is 8.53. The Balaban J connectivity index is 1.74. The highest BCUT2D eigenvalue weighted by molar-refractivity contribution is 5.28. The van der Waals surface area contributed by atoms with Crippen LogP contribution >= 0.6 is 0 Å². The van der Waals surface area contributed by atoms with E-state index in [2.05, 4.69) is 12.1 Å². The molecule has 134 valence electrons. The first-order valence-corrected chi connectivity index (χ1v) is 8.53. The van der Waals surface area contributed by atoms with Gasteiger partial charge in [-0.1, -0.05) is 54.6 Å². The van der Waals surface area contributed by atoms with Crippen molar-refractivity contribution < 1.29 is 25.2 Å². The Labute approximate surface area is 147 Å². The smallest absolute Gasteiger partial charge is 0.113 e. The Morgan fingerprint density at radius 2 is 1.44 bits per heavy atom. The van der Waals surface area contributed by atoms with Crippen LogP contribution in [-0.4, -0.2) is 51.4 Å². The molecule has 2 aromatic rings. The lowest BCUT2D eigenvalue weighted by Crippen LogP contribution is -2.55. The van der Waals surface area contributed by atoms with Crippen molar-refractivity contribution in [1.29, 1.82) is 0 Å². The number of hydrogen-bond acceptors (Lipinski definition) is 5. The zero-order valence-corrected chi connectivity index (χ0v) is 13.9. The van der Waals surface area contributed by atoms with Crippen LogP contribution in [0.25, 0.3) is 0 Å². The summed E-state index contributed by atoms with van der Waals surface area (Å²) < 4.78 is 5.62. The summed E-state index contributed by atoms with van der Waals surface area (Å²) in [5.41, 5.74) is 3.07. The highest BCUT2D eigenvalue weighted by Gasteiger charge is 2.43. The van der Waals surface area contributed by atoms with E-state index in [0.29, 0.717) is 0 Å². The number of hydrogen-bond donors (Lipinski definition) is 4. The topological polar surface area (TPSA) is 90.2 Å². The molecule has 0 unspecified atom stereocenters. The molecule has 1 saturated heterocycles. The summed E-state index contributed by atoms with van der Waals surface area (Å²) in [5.74, 6) is 0. The molecule has 1 aliphatic heterocycles. The molecule has 0 radical (unpaired) electrons. The maximum absolute atomic E-state index is 10.3. The Bertz CT molecular complexity index is 673. The van der Waals surface area contributed by atoms with E-state index < -0.39 is 37.1 Å². The van der Waals surface area contributed by atoms with E-state index in [0.717, 1.165) is 24.0 Å². The third-order valence-corrected chi connectivity index (χ3v) is 4.72. The fraction of sp³-hybridized carbons (Fsp3) is 0.400. The Morgan fingerprint density at radius 3 is 2.16 bits per heavy atom. The standard InChI is InChI=1S/C20H24O5/c21-12-16-17(22)18(23)19(24)20(25-16)15-8-4-7-14(11-15)10-9-13-5-2-1-3-6-13/h1-8,11,16-24H,9-10,12H2/t16-,17-,18+,19+,20-/m1/s1. The van der Waals surface area contributed by atoms with Crippen LogP contribution in [0.3, 0.4) is 0 Å². The van der Waals surface area contributed by atoms with Gasteiger partial charge in [0.15, 0.2) is 0 Å². The summed E-state index contributed by atoms with van der Waals surface area (Å²) in [5, 5.41) is 39.4. The van der Waals surface area contributed by atoms with Crippen LogP contribution in [0.2, 0.25) is 0 Å². The second-order valence-electron chi connectivity index (χ2n) is 6.48. The van der Waals surface area contributed by atoms with Crippen molar-refractivity contribution in [3.8, 4) is 0 Å². The van der Waals surface area contributed by atoms with Crippen LogP contribution in [0, 0.1) is 0 Å². The van der Waals surface area contributed by atoms with Crippen LogP contribution in [0.1, 0.15) is 22.8 Å². The third-order valence-electron chi connectivity index (χ3n) is 4.72. The van der Waals surface area contributed by atoms with Crippen molar-refractivity contribution in [1.82, 2.24) is 0 Å². The predicted octanol–water partition coefficient (Wildman–Crippen LogP) is 0.987. The lowest BCUT2D eigenvalue weighted by molar-refractivity contribution is -0.231. The van der Waals surface area contributed by atoms with Gasteiger partial charge in [0.05, 0.1) is 6.61 Å². The lowest BCUT2D eigenvalue weighted by atomic mass is 9.90. The van der Waals surface area contributed by atoms with Crippen LogP contribution in [0.15, 0.2) is 54.6 Å². The van der Waals surface area contributed by atoms with E-state index >= 15 is 0 Å². The SMILES string of the molecule is OC[C@H]1O[C@H](c2cccc(CCc3ccccc3)c2)[C@@H](O)[C@@H](O)[C@@H]1O. The summed E-state index contributed by atoms with van der Waals surface area (Å²) in [6.45, 7) is -0.421. The second kappa shape index (κ2) is 8.08. The minimum Gasteiger partial charge on any atom is -0.394 e. The molecule has 0 aliphatic carbocycles. The molecule has 3 rings (SSSR count). The third kappa shape index (κ3) is 4.08. The molecule has 0 aromatic heterocycles. The average Bonchev–Trinajstić information content (AvgIpc) is 2.66. The average molecular weight is 344 g/mol. The van der Waals surface area contributed by atoms with Crippen molar-refractivity contribution in [2.45, 2.75) is 43.4 Å². The maximum Gasteiger partial charge on any atom is 0.113 e. The van der Waals surface area contributed by atoms with Gasteiger partial charge in [-0.3, -0.25) is 0 Å². The van der Waals surface area contributed by atoms with Gasteiger partial charge < -0.3 is 25.2 Å². The van der Waals surface area contributed by atoms with Crippen molar-refractivity contribution in [2.24, 2.45) is 0 Å². The molecule has 0 spiro atoms. The Hall–Kier alpha value is -1.76. The number of benzene rings is 2. The molecule has 0 amide bonds. The molecule has 5 atom stereocenters. The Morgan fingerprint density at radius 1 is 0.760 bits per heavy atom. The van der Waals surface area contributed by atoms with E-state index in [4.69, 9.17) is 4.74 Å². The molecule has 4 N–H and O–H groups in total. The van der Waals surface area contributed by atoms with E-state index in [1.165, 1.54) is 5.56 Å². The van der Waals surface area contributed by atoms with E-state index in [-0.39, 0.29) is 0 Å². The van der Waals surface area contributed by atoms with Crippen LogP contribution in [0.5, 0.6) is 0 Å². The van der Waals surface area contributed by atoms with E-state index in [1.54, 1.807) is 0 Å². The monoisotopic (exact) mass is 344 g/mol. The summed E-state index contributed by atoms with van der Waals surface area (Å²) in [4.78, 5) is 0. The van der Waals surface area contributed by atoms with Gasteiger partial charge in [0.1, 0.15) is 30.5 Å². The van der Waals surface area contributed by atoms with E-state index in [1.807, 2.05) is 42.5 Å². The Kier molecular flexibility index (Phi) is 5.83. The quantitative estimate of drug-likeness (QED) is 0.649. The molecule has 0 bridgehead atoms. The maximum atomic E-state index is 10.3. The number of aliphatic hydroxyl groups excluding tert-OH is 4. The zero-order chi connectivity index (χ0) is 17.8. The molecule has 1 aliphatic rings. The van der Waals surface area contributed by atoms with Gasteiger partial charge in [0.25, 0.3) is 0 Å². The fourth-order valence-electron chi connectivity index (χ4n) is 3.24. The van der Waals surface area contributed by atoms with Gasteiger partial charge in [-0.05, 0) is 29.5 Å². The number of ether oxygens (including phenoxy) is 1. The van der Waals surface area contributed by atoms with Gasteiger partial charge in [0, 0.05) is 0 Å². The van der Waals surface area contributed by atoms with Gasteiger partial charge in [-0.15, -0.1) is 0 Å². The number of aryl methyl sites for hydroxylation is 2. The van der Waals surface area contributed by atoms with Gasteiger partial charge >= 0.3 is 0 Å².